The molecule has 1 aromatic heterocycles. The minimum Gasteiger partial charge on any atom is -0.497 e. The third kappa shape index (κ3) is 7.79. The molecule has 9 nitrogen and oxygen atoms in total. The molecule has 242 valence electrons. The van der Waals surface area contributed by atoms with Crippen LogP contribution in [0.1, 0.15) is 44.0 Å². The molecule has 2 amide bonds. The van der Waals surface area contributed by atoms with E-state index in [1.165, 1.54) is 47.0 Å². The van der Waals surface area contributed by atoms with Crippen LogP contribution in [0.25, 0.3) is 17.1 Å². The van der Waals surface area contributed by atoms with Crippen molar-refractivity contribution in [2.45, 2.75) is 45.3 Å². The van der Waals surface area contributed by atoms with Crippen LogP contribution in [0, 0.1) is 0 Å². The van der Waals surface area contributed by atoms with Gasteiger partial charge in [0.05, 0.1) is 18.8 Å². The summed E-state index contributed by atoms with van der Waals surface area (Å²) >= 11 is 1.47. The van der Waals surface area contributed by atoms with Gasteiger partial charge >= 0.3 is 12.4 Å². The first-order chi connectivity index (χ1) is 21.9. The molecule has 0 saturated carbocycles. The minimum atomic E-state index is -4.78. The first kappa shape index (κ1) is 32.8. The largest absolute Gasteiger partial charge is 0.573 e. The summed E-state index contributed by atoms with van der Waals surface area (Å²) in [6.07, 6.45) is -4.87. The van der Waals surface area contributed by atoms with E-state index >= 15 is 4.39 Å². The molecule has 4 aromatic rings. The number of urea groups is 1. The molecule has 5 rings (SSSR count). The van der Waals surface area contributed by atoms with Crippen molar-refractivity contribution in [3.63, 3.8) is 0 Å². The zero-order valence-electron chi connectivity index (χ0n) is 25.5. The maximum atomic E-state index is 15.4. The highest BCUT2D eigenvalue weighted by atomic mass is 32.2. The first-order valence-electron chi connectivity index (χ1n) is 14.4. The van der Waals surface area contributed by atoms with Crippen molar-refractivity contribution in [3.05, 3.63) is 84.2 Å². The third-order valence-corrected chi connectivity index (χ3v) is 8.18. The van der Waals surface area contributed by atoms with Gasteiger partial charge in [-0.1, -0.05) is 49.9 Å². The topological polar surface area (TPSA) is 93.9 Å². The van der Waals surface area contributed by atoms with Crippen molar-refractivity contribution in [2.24, 2.45) is 4.99 Å². The quantitative estimate of drug-likeness (QED) is 0.185. The Morgan fingerprint density at radius 1 is 1.02 bits per heavy atom. The number of benzene rings is 3. The number of thioether (sulfide) groups is 1. The van der Waals surface area contributed by atoms with E-state index in [4.69, 9.17) is 4.74 Å². The van der Waals surface area contributed by atoms with Gasteiger partial charge in [0.15, 0.2) is 11.0 Å². The van der Waals surface area contributed by atoms with Crippen LogP contribution in [-0.2, 0) is 0 Å². The molecule has 3 aromatic carbocycles. The fraction of sp³-hybridized carbons (Fsp3) is 0.312. The van der Waals surface area contributed by atoms with Gasteiger partial charge in [-0.3, -0.25) is 0 Å². The number of carbonyl (C=O) groups excluding carboxylic acids is 1. The van der Waals surface area contributed by atoms with Crippen molar-refractivity contribution in [2.75, 3.05) is 24.3 Å². The lowest BCUT2D eigenvalue weighted by atomic mass is 10.00. The van der Waals surface area contributed by atoms with E-state index in [9.17, 15) is 18.0 Å². The van der Waals surface area contributed by atoms with Gasteiger partial charge in [0.25, 0.3) is 0 Å². The Kier molecular flexibility index (Phi) is 9.85. The number of rotatable bonds is 9. The van der Waals surface area contributed by atoms with Crippen LogP contribution in [-0.4, -0.2) is 57.8 Å². The molecule has 0 radical (unpaired) electrons. The zero-order chi connectivity index (χ0) is 33.0. The first-order valence-corrected chi connectivity index (χ1v) is 15.4. The molecule has 2 heterocycles. The van der Waals surface area contributed by atoms with Crippen LogP contribution in [0.5, 0.6) is 11.5 Å². The summed E-state index contributed by atoms with van der Waals surface area (Å²) in [5.41, 5.74) is 3.46. The predicted molar refractivity (Wildman–Crippen MR) is 170 cm³/mol. The minimum absolute atomic E-state index is 0.221. The number of alkyl halides is 4. The Hall–Kier alpha value is -4.59. The second-order valence-corrected chi connectivity index (χ2v) is 11.9. The van der Waals surface area contributed by atoms with E-state index in [0.29, 0.717) is 34.4 Å². The number of nitrogens with zero attached hydrogens (tertiary/aromatic N) is 5. The Balaban J connectivity index is 1.22. The molecular weight excluding hydrogens is 624 g/mol. The van der Waals surface area contributed by atoms with E-state index in [1.54, 1.807) is 38.3 Å². The van der Waals surface area contributed by atoms with E-state index < -0.39 is 24.6 Å². The number of aromatic nitrogens is 3. The summed E-state index contributed by atoms with van der Waals surface area (Å²) in [5.74, 6) is 1.73. The average molecular weight is 657 g/mol. The lowest BCUT2D eigenvalue weighted by molar-refractivity contribution is -0.274. The summed E-state index contributed by atoms with van der Waals surface area (Å²) in [6, 6.07) is 16.0. The molecule has 1 saturated heterocycles. The van der Waals surface area contributed by atoms with Crippen molar-refractivity contribution in [1.82, 2.24) is 20.1 Å². The molecule has 0 aliphatic carbocycles. The molecule has 2 atom stereocenters. The Labute approximate surface area is 267 Å². The molecule has 14 heteroatoms. The highest BCUT2D eigenvalue weighted by Gasteiger charge is 2.31. The second-order valence-electron chi connectivity index (χ2n) is 10.8. The molecular formula is C32H32F4N6O3S. The number of anilines is 1. The van der Waals surface area contributed by atoms with Crippen molar-refractivity contribution in [1.29, 1.82) is 0 Å². The van der Waals surface area contributed by atoms with Crippen LogP contribution in [0.15, 0.2) is 78.0 Å². The Morgan fingerprint density at radius 3 is 2.37 bits per heavy atom. The number of nitrogens with one attached hydrogen (secondary N) is 1. The summed E-state index contributed by atoms with van der Waals surface area (Å²) in [6.45, 7) is 6.44. The number of amidine groups is 1. The van der Waals surface area contributed by atoms with Gasteiger partial charge in [-0.2, -0.15) is 4.99 Å². The van der Waals surface area contributed by atoms with Crippen LogP contribution in [0.3, 0.4) is 0 Å². The van der Waals surface area contributed by atoms with Crippen molar-refractivity contribution < 1.29 is 31.8 Å². The average Bonchev–Trinajstić information content (AvgIpc) is 3.70. The summed E-state index contributed by atoms with van der Waals surface area (Å²) in [7, 11) is 1.62. The maximum Gasteiger partial charge on any atom is 0.573 e. The van der Waals surface area contributed by atoms with Crippen LogP contribution in [0.4, 0.5) is 28.0 Å². The number of ether oxygens (including phenoxy) is 2. The van der Waals surface area contributed by atoms with E-state index in [2.05, 4.69) is 39.0 Å². The smallest absolute Gasteiger partial charge is 0.497 e. The number of halogens is 4. The van der Waals surface area contributed by atoms with Gasteiger partial charge in [-0.25, -0.2) is 18.9 Å². The van der Waals surface area contributed by atoms with E-state index in [-0.39, 0.29) is 11.7 Å². The third-order valence-electron chi connectivity index (χ3n) is 7.23. The second kappa shape index (κ2) is 13.8. The van der Waals surface area contributed by atoms with E-state index in [0.717, 1.165) is 22.8 Å². The molecule has 1 aliphatic rings. The summed E-state index contributed by atoms with van der Waals surface area (Å²) in [4.78, 5) is 23.4. The highest BCUT2D eigenvalue weighted by Crippen LogP contribution is 2.35. The zero-order valence-corrected chi connectivity index (χ0v) is 26.3. The van der Waals surface area contributed by atoms with E-state index in [1.807, 2.05) is 23.1 Å². The van der Waals surface area contributed by atoms with Crippen LogP contribution >= 0.6 is 11.8 Å². The van der Waals surface area contributed by atoms with Crippen molar-refractivity contribution in [3.8, 4) is 28.6 Å². The molecule has 2 unspecified atom stereocenters. The van der Waals surface area contributed by atoms with Gasteiger partial charge in [-0.05, 0) is 66.4 Å². The van der Waals surface area contributed by atoms with Gasteiger partial charge in [0.2, 0.25) is 0 Å². The molecule has 46 heavy (non-hydrogen) atoms. The monoisotopic (exact) mass is 656 g/mol. The highest BCUT2D eigenvalue weighted by molar-refractivity contribution is 8.14. The number of aliphatic imine (C=N–C) groups is 1. The number of methoxy groups -OCH3 is 1. The summed E-state index contributed by atoms with van der Waals surface area (Å²) < 4.78 is 63.4. The van der Waals surface area contributed by atoms with Crippen LogP contribution < -0.4 is 19.7 Å². The SMILES string of the molecule is COc1ccc(N2CCSC2=NC(=O)NC(C)C(F)c2ccc(-c3ncn(-c4ccc(OC(F)(F)F)cc4)n3)cc2)c(C(C)C)c1. The summed E-state index contributed by atoms with van der Waals surface area (Å²) in [5, 5.41) is 7.58. The lowest BCUT2D eigenvalue weighted by Crippen LogP contribution is -2.35. The number of carbonyl (C=O) groups is 1. The Bertz CT molecular complexity index is 1690. The predicted octanol–water partition coefficient (Wildman–Crippen LogP) is 7.68. The van der Waals surface area contributed by atoms with Gasteiger partial charge in [0.1, 0.15) is 24.0 Å². The molecule has 1 aliphatic heterocycles. The Morgan fingerprint density at radius 2 is 1.72 bits per heavy atom. The molecule has 0 bridgehead atoms. The molecule has 0 spiro atoms. The fourth-order valence-corrected chi connectivity index (χ4v) is 5.85. The fourth-order valence-electron chi connectivity index (χ4n) is 4.90. The number of amides is 2. The van der Waals surface area contributed by atoms with Gasteiger partial charge in [0, 0.05) is 23.5 Å². The van der Waals surface area contributed by atoms with Crippen LogP contribution in [0.2, 0.25) is 0 Å². The maximum absolute atomic E-state index is 15.4. The number of hydrogen-bond acceptors (Lipinski definition) is 6. The molecule has 1 N–H and O–H groups in total. The van der Waals surface area contributed by atoms with Gasteiger partial charge in [-0.15, -0.1) is 18.3 Å². The lowest BCUT2D eigenvalue weighted by Gasteiger charge is -2.24. The molecule has 1 fully saturated rings. The van der Waals surface area contributed by atoms with Gasteiger partial charge < -0.3 is 19.7 Å². The normalized spacial score (nSPS) is 15.7. The number of hydrogen-bond donors (Lipinski definition) is 1. The standard InChI is InChI=1S/C32H32F4N6O3S/c1-19(2)26-17-25(44-4)13-14-27(26)41-15-16-46-31(41)39-30(43)38-20(3)28(33)21-5-7-22(8-6-21)29-37-18-42(40-29)23-9-11-24(12-10-23)45-32(34,35)36/h5-14,17-20,28H,15-16H2,1-4H3,(H,38,43). The van der Waals surface area contributed by atoms with Crippen molar-refractivity contribution >= 4 is 28.6 Å².